The van der Waals surface area contributed by atoms with Gasteiger partial charge in [0.2, 0.25) is 10.0 Å². The summed E-state index contributed by atoms with van der Waals surface area (Å²) in [5.41, 5.74) is -2.04. The number of carbonyl (C=O) groups is 1. The van der Waals surface area contributed by atoms with Crippen molar-refractivity contribution >= 4 is 15.9 Å². The van der Waals surface area contributed by atoms with Crippen LogP contribution in [0.1, 0.15) is 25.7 Å². The highest BCUT2D eigenvalue weighted by molar-refractivity contribution is 7.89. The monoisotopic (exact) mass is 358 g/mol. The van der Waals surface area contributed by atoms with Gasteiger partial charge in [0.15, 0.2) is 5.67 Å². The van der Waals surface area contributed by atoms with E-state index in [0.717, 1.165) is 29.3 Å². The van der Waals surface area contributed by atoms with Gasteiger partial charge in [-0.2, -0.15) is 4.31 Å². The third kappa shape index (κ3) is 3.59. The molecule has 1 aromatic rings. The minimum atomic E-state index is -3.88. The first-order chi connectivity index (χ1) is 11.3. The predicted molar refractivity (Wildman–Crippen MR) is 84.0 cm³/mol. The average molecular weight is 358 g/mol. The number of alkyl halides is 1. The van der Waals surface area contributed by atoms with Crippen LogP contribution in [0.5, 0.6) is 0 Å². The first kappa shape index (κ1) is 17.3. The van der Waals surface area contributed by atoms with Crippen molar-refractivity contribution in [1.29, 1.82) is 0 Å². The van der Waals surface area contributed by atoms with E-state index in [2.05, 4.69) is 5.32 Å². The van der Waals surface area contributed by atoms with Crippen LogP contribution >= 0.6 is 0 Å². The van der Waals surface area contributed by atoms with Gasteiger partial charge in [0.1, 0.15) is 5.82 Å². The number of piperidine rings is 1. The summed E-state index contributed by atoms with van der Waals surface area (Å²) in [5.74, 6) is -0.851. The van der Waals surface area contributed by atoms with Gasteiger partial charge in [-0.3, -0.25) is 4.79 Å². The van der Waals surface area contributed by atoms with Crippen molar-refractivity contribution in [1.82, 2.24) is 9.62 Å². The molecule has 0 spiro atoms. The molecule has 1 heterocycles. The standard InChI is InChI=1S/C16H20F2N2O3S/c17-13-2-1-3-14(10-13)24(22,23)20-8-6-16(18,7-9-20)15(21)19-11-12-4-5-12/h1-3,10,12H,4-9,11H2,(H,19,21). The normalized spacial score (nSPS) is 21.4. The van der Waals surface area contributed by atoms with E-state index in [9.17, 15) is 22.0 Å². The zero-order chi connectivity index (χ0) is 17.4. The van der Waals surface area contributed by atoms with Crippen molar-refractivity contribution in [3.63, 3.8) is 0 Å². The number of hydrogen-bond acceptors (Lipinski definition) is 3. The second kappa shape index (κ2) is 6.40. The summed E-state index contributed by atoms with van der Waals surface area (Å²) in [7, 11) is -3.88. The molecule has 2 fully saturated rings. The highest BCUT2D eigenvalue weighted by Crippen LogP contribution is 2.31. The molecule has 8 heteroatoms. The van der Waals surface area contributed by atoms with E-state index in [1.807, 2.05) is 0 Å². The summed E-state index contributed by atoms with van der Waals surface area (Å²) < 4.78 is 54.1. The quantitative estimate of drug-likeness (QED) is 0.873. The molecule has 1 amide bonds. The SMILES string of the molecule is O=C(NCC1CC1)C1(F)CCN(S(=O)(=O)c2cccc(F)c2)CC1. The van der Waals surface area contributed by atoms with Crippen LogP contribution in [-0.2, 0) is 14.8 Å². The maximum Gasteiger partial charge on any atom is 0.257 e. The Morgan fingerprint density at radius 3 is 2.54 bits per heavy atom. The van der Waals surface area contributed by atoms with Crippen molar-refractivity contribution in [2.45, 2.75) is 36.2 Å². The molecule has 1 saturated carbocycles. The molecule has 0 unspecified atom stereocenters. The molecule has 0 atom stereocenters. The molecule has 0 bridgehead atoms. The van der Waals surface area contributed by atoms with E-state index < -0.39 is 27.4 Å². The van der Waals surface area contributed by atoms with E-state index in [4.69, 9.17) is 0 Å². The zero-order valence-electron chi connectivity index (χ0n) is 13.2. The summed E-state index contributed by atoms with van der Waals surface area (Å²) in [6.45, 7) is 0.272. The number of sulfonamides is 1. The molecule has 1 aliphatic carbocycles. The van der Waals surface area contributed by atoms with Crippen molar-refractivity contribution < 1.29 is 22.0 Å². The van der Waals surface area contributed by atoms with Crippen molar-refractivity contribution in [3.05, 3.63) is 30.1 Å². The van der Waals surface area contributed by atoms with Crippen LogP contribution in [0.3, 0.4) is 0 Å². The third-order valence-electron chi connectivity index (χ3n) is 4.60. The molecule has 0 radical (unpaired) electrons. The van der Waals surface area contributed by atoms with E-state index in [1.165, 1.54) is 12.1 Å². The molecule has 1 saturated heterocycles. The highest BCUT2D eigenvalue weighted by Gasteiger charge is 2.44. The van der Waals surface area contributed by atoms with Crippen molar-refractivity contribution in [3.8, 4) is 0 Å². The molecule has 0 aromatic heterocycles. The lowest BCUT2D eigenvalue weighted by atomic mass is 9.93. The van der Waals surface area contributed by atoms with E-state index in [1.54, 1.807) is 0 Å². The number of nitrogens with zero attached hydrogens (tertiary/aromatic N) is 1. The van der Waals surface area contributed by atoms with Gasteiger partial charge in [0.25, 0.3) is 5.91 Å². The van der Waals surface area contributed by atoms with Crippen LogP contribution in [-0.4, -0.2) is 43.9 Å². The topological polar surface area (TPSA) is 66.5 Å². The second-order valence-corrected chi connectivity index (χ2v) is 8.42. The Morgan fingerprint density at radius 1 is 1.29 bits per heavy atom. The largest absolute Gasteiger partial charge is 0.353 e. The van der Waals surface area contributed by atoms with Gasteiger partial charge >= 0.3 is 0 Å². The van der Waals surface area contributed by atoms with Gasteiger partial charge in [-0.1, -0.05) is 6.07 Å². The van der Waals surface area contributed by atoms with Gasteiger partial charge < -0.3 is 5.32 Å². The Labute approximate surface area is 140 Å². The summed E-state index contributed by atoms with van der Waals surface area (Å²) in [6, 6.07) is 4.72. The first-order valence-electron chi connectivity index (χ1n) is 8.04. The molecule has 2 aliphatic rings. The molecule has 24 heavy (non-hydrogen) atoms. The minimum Gasteiger partial charge on any atom is -0.353 e. The Hall–Kier alpha value is -1.54. The van der Waals surface area contributed by atoms with Crippen LogP contribution < -0.4 is 5.32 Å². The highest BCUT2D eigenvalue weighted by atomic mass is 32.2. The fraction of sp³-hybridized carbons (Fsp3) is 0.562. The number of amides is 1. The number of carbonyl (C=O) groups excluding carboxylic acids is 1. The summed E-state index contributed by atoms with van der Waals surface area (Å²) in [5, 5.41) is 2.62. The predicted octanol–water partition coefficient (Wildman–Crippen LogP) is 1.84. The fourth-order valence-electron chi connectivity index (χ4n) is 2.80. The minimum absolute atomic E-state index is 0.105. The van der Waals surface area contributed by atoms with Crippen LogP contribution in [0.4, 0.5) is 8.78 Å². The lowest BCUT2D eigenvalue weighted by Crippen LogP contribution is -2.52. The molecule has 132 valence electrons. The molecular formula is C16H20F2N2O3S. The van der Waals surface area contributed by atoms with Crippen LogP contribution in [0, 0.1) is 11.7 Å². The molecule has 1 N–H and O–H groups in total. The molecule has 5 nitrogen and oxygen atoms in total. The molecule has 1 aliphatic heterocycles. The van der Waals surface area contributed by atoms with Gasteiger partial charge in [-0.05, 0) is 37.0 Å². The van der Waals surface area contributed by atoms with E-state index in [-0.39, 0.29) is 30.8 Å². The van der Waals surface area contributed by atoms with Gasteiger partial charge in [-0.15, -0.1) is 0 Å². The number of nitrogens with one attached hydrogen (secondary N) is 1. The smallest absolute Gasteiger partial charge is 0.257 e. The lowest BCUT2D eigenvalue weighted by Gasteiger charge is -2.34. The number of benzene rings is 1. The first-order valence-corrected chi connectivity index (χ1v) is 9.48. The summed E-state index contributed by atoms with van der Waals surface area (Å²) in [6.07, 6.45) is 1.72. The zero-order valence-corrected chi connectivity index (χ0v) is 14.0. The van der Waals surface area contributed by atoms with Gasteiger partial charge in [-0.25, -0.2) is 17.2 Å². The second-order valence-electron chi connectivity index (χ2n) is 6.48. The lowest BCUT2D eigenvalue weighted by molar-refractivity contribution is -0.135. The van der Waals surface area contributed by atoms with Crippen LogP contribution in [0.15, 0.2) is 29.2 Å². The molecule has 3 rings (SSSR count). The fourth-order valence-corrected chi connectivity index (χ4v) is 4.28. The summed E-state index contributed by atoms with van der Waals surface area (Å²) >= 11 is 0. The Balaban J connectivity index is 1.64. The Kier molecular flexibility index (Phi) is 4.61. The van der Waals surface area contributed by atoms with Crippen LogP contribution in [0.25, 0.3) is 0 Å². The molecule has 1 aromatic carbocycles. The molecular weight excluding hydrogens is 338 g/mol. The summed E-state index contributed by atoms with van der Waals surface area (Å²) in [4.78, 5) is 11.9. The third-order valence-corrected chi connectivity index (χ3v) is 6.50. The van der Waals surface area contributed by atoms with Gasteiger partial charge in [0.05, 0.1) is 4.90 Å². The number of halogens is 2. The van der Waals surface area contributed by atoms with Crippen molar-refractivity contribution in [2.75, 3.05) is 19.6 Å². The van der Waals surface area contributed by atoms with E-state index >= 15 is 0 Å². The maximum absolute atomic E-state index is 14.8. The van der Waals surface area contributed by atoms with Crippen LogP contribution in [0.2, 0.25) is 0 Å². The van der Waals surface area contributed by atoms with Gasteiger partial charge in [0, 0.05) is 32.5 Å². The maximum atomic E-state index is 14.8. The van der Waals surface area contributed by atoms with Crippen molar-refractivity contribution in [2.24, 2.45) is 5.92 Å². The number of rotatable bonds is 5. The average Bonchev–Trinajstić information content (AvgIpc) is 3.37. The Morgan fingerprint density at radius 2 is 1.96 bits per heavy atom. The number of hydrogen-bond donors (Lipinski definition) is 1. The van der Waals surface area contributed by atoms with E-state index in [0.29, 0.717) is 12.5 Å². The Bertz CT molecular complexity index is 727.